The summed E-state index contributed by atoms with van der Waals surface area (Å²) < 4.78 is 14.2. The Morgan fingerprint density at radius 1 is 1.32 bits per heavy atom. The van der Waals surface area contributed by atoms with Gasteiger partial charge in [-0.15, -0.1) is 0 Å². The van der Waals surface area contributed by atoms with Gasteiger partial charge in [0.2, 0.25) is 0 Å². The molecule has 0 radical (unpaired) electrons. The van der Waals surface area contributed by atoms with Crippen molar-refractivity contribution in [3.8, 4) is 0 Å². The van der Waals surface area contributed by atoms with Gasteiger partial charge in [-0.2, -0.15) is 0 Å². The van der Waals surface area contributed by atoms with Crippen LogP contribution >= 0.6 is 11.6 Å². The van der Waals surface area contributed by atoms with E-state index in [0.29, 0.717) is 10.6 Å². The number of hydrogen-bond acceptors (Lipinski definition) is 2. The number of halogens is 2. The van der Waals surface area contributed by atoms with Crippen molar-refractivity contribution < 1.29 is 4.39 Å². The molecule has 0 aliphatic heterocycles. The van der Waals surface area contributed by atoms with Gasteiger partial charge in [0.15, 0.2) is 0 Å². The van der Waals surface area contributed by atoms with Crippen molar-refractivity contribution in [2.75, 3.05) is 21.1 Å². The minimum atomic E-state index is -0.222. The predicted molar refractivity (Wildman–Crippen MR) is 78.1 cm³/mol. The molecule has 1 atom stereocenters. The van der Waals surface area contributed by atoms with E-state index in [2.05, 4.69) is 24.3 Å². The first kappa shape index (κ1) is 14.8. The third-order valence-corrected chi connectivity index (χ3v) is 4.69. The molecule has 1 aliphatic carbocycles. The Morgan fingerprint density at radius 2 is 1.95 bits per heavy atom. The molecule has 0 aromatic heterocycles. The lowest BCUT2D eigenvalue weighted by atomic mass is 9.82. The Labute approximate surface area is 119 Å². The van der Waals surface area contributed by atoms with Crippen LogP contribution in [0.3, 0.4) is 0 Å². The second kappa shape index (κ2) is 5.78. The van der Waals surface area contributed by atoms with Gasteiger partial charge < -0.3 is 10.2 Å². The summed E-state index contributed by atoms with van der Waals surface area (Å²) in [4.78, 5) is 2.25. The fraction of sp³-hybridized carbons (Fsp3) is 0.600. The van der Waals surface area contributed by atoms with E-state index in [0.717, 1.165) is 12.8 Å². The quantitative estimate of drug-likeness (QED) is 0.908. The van der Waals surface area contributed by atoms with Crippen LogP contribution < -0.4 is 5.32 Å². The Balaban J connectivity index is 2.43. The zero-order chi connectivity index (χ0) is 14.0. The minimum Gasteiger partial charge on any atom is -0.311 e. The molecule has 0 spiro atoms. The van der Waals surface area contributed by atoms with E-state index in [1.165, 1.54) is 18.9 Å². The van der Waals surface area contributed by atoms with Crippen molar-refractivity contribution >= 4 is 11.6 Å². The lowest BCUT2D eigenvalue weighted by molar-refractivity contribution is 0.107. The van der Waals surface area contributed by atoms with Crippen LogP contribution in [0.2, 0.25) is 5.02 Å². The monoisotopic (exact) mass is 284 g/mol. The van der Waals surface area contributed by atoms with Crippen molar-refractivity contribution in [3.63, 3.8) is 0 Å². The summed E-state index contributed by atoms with van der Waals surface area (Å²) in [6.07, 6.45) is 4.58. The normalized spacial score (nSPS) is 19.9. The molecule has 1 N–H and O–H groups in total. The summed E-state index contributed by atoms with van der Waals surface area (Å²) in [5.41, 5.74) is 0.700. The Hall–Kier alpha value is -0.640. The number of likely N-dealkylation sites (N-methyl/N-ethyl adjacent to an activating group) is 2. The van der Waals surface area contributed by atoms with E-state index < -0.39 is 0 Å². The van der Waals surface area contributed by atoms with Crippen LogP contribution in [0.1, 0.15) is 37.3 Å². The number of hydrogen-bond donors (Lipinski definition) is 1. The van der Waals surface area contributed by atoms with Crippen LogP contribution in [0.5, 0.6) is 0 Å². The molecule has 0 saturated heterocycles. The predicted octanol–water partition coefficient (Wildman–Crippen LogP) is 3.61. The summed E-state index contributed by atoms with van der Waals surface area (Å²) >= 11 is 5.85. The lowest BCUT2D eigenvalue weighted by Crippen LogP contribution is -2.51. The fourth-order valence-electron chi connectivity index (χ4n) is 3.43. The highest BCUT2D eigenvalue weighted by Gasteiger charge is 2.44. The maximum absolute atomic E-state index is 14.2. The van der Waals surface area contributed by atoms with Crippen molar-refractivity contribution in [2.24, 2.45) is 0 Å². The Bertz CT molecular complexity index is 442. The summed E-state index contributed by atoms with van der Waals surface area (Å²) in [5.74, 6) is -0.222. The van der Waals surface area contributed by atoms with Crippen LogP contribution in [-0.2, 0) is 0 Å². The van der Waals surface area contributed by atoms with Gasteiger partial charge in [0, 0.05) is 16.1 Å². The van der Waals surface area contributed by atoms with Crippen molar-refractivity contribution in [1.29, 1.82) is 0 Å². The highest BCUT2D eigenvalue weighted by Crippen LogP contribution is 2.44. The molecule has 2 rings (SSSR count). The first-order valence-corrected chi connectivity index (χ1v) is 7.19. The van der Waals surface area contributed by atoms with E-state index >= 15 is 0 Å². The topological polar surface area (TPSA) is 15.3 Å². The third kappa shape index (κ3) is 2.64. The molecule has 1 unspecified atom stereocenters. The smallest absolute Gasteiger partial charge is 0.129 e. The molecule has 1 saturated carbocycles. The van der Waals surface area contributed by atoms with Crippen LogP contribution in [0, 0.1) is 5.82 Å². The number of nitrogens with one attached hydrogen (secondary N) is 1. The molecule has 1 fully saturated rings. The van der Waals surface area contributed by atoms with E-state index in [1.54, 1.807) is 6.07 Å². The molecule has 1 aromatic carbocycles. The molecule has 0 amide bonds. The van der Waals surface area contributed by atoms with Crippen molar-refractivity contribution in [2.45, 2.75) is 37.3 Å². The molecule has 0 heterocycles. The maximum atomic E-state index is 14.2. The Morgan fingerprint density at radius 3 is 2.42 bits per heavy atom. The van der Waals surface area contributed by atoms with Crippen LogP contribution in [0.4, 0.5) is 4.39 Å². The number of benzene rings is 1. The van der Waals surface area contributed by atoms with E-state index in [9.17, 15) is 4.39 Å². The molecule has 4 heteroatoms. The van der Waals surface area contributed by atoms with Gasteiger partial charge in [-0.05, 0) is 46.1 Å². The first-order chi connectivity index (χ1) is 9.01. The molecule has 1 aromatic rings. The Kier molecular flexibility index (Phi) is 4.49. The first-order valence-electron chi connectivity index (χ1n) is 6.81. The highest BCUT2D eigenvalue weighted by molar-refractivity contribution is 6.30. The molecule has 2 nitrogen and oxygen atoms in total. The van der Waals surface area contributed by atoms with Gasteiger partial charge in [-0.3, -0.25) is 0 Å². The lowest BCUT2D eigenvalue weighted by Gasteiger charge is -2.43. The van der Waals surface area contributed by atoms with Gasteiger partial charge in [0.25, 0.3) is 0 Å². The van der Waals surface area contributed by atoms with Gasteiger partial charge in [0.05, 0.1) is 6.04 Å². The van der Waals surface area contributed by atoms with Crippen LogP contribution in [-0.4, -0.2) is 31.6 Å². The van der Waals surface area contributed by atoms with Crippen molar-refractivity contribution in [1.82, 2.24) is 10.2 Å². The SMILES string of the molecule is CNC(c1ccc(Cl)cc1F)C1(N(C)C)CCCC1. The number of rotatable bonds is 4. The van der Waals surface area contributed by atoms with Gasteiger partial charge >= 0.3 is 0 Å². The van der Waals surface area contributed by atoms with Crippen LogP contribution in [0.25, 0.3) is 0 Å². The molecule has 19 heavy (non-hydrogen) atoms. The largest absolute Gasteiger partial charge is 0.311 e. The van der Waals surface area contributed by atoms with E-state index in [-0.39, 0.29) is 17.4 Å². The van der Waals surface area contributed by atoms with E-state index in [4.69, 9.17) is 11.6 Å². The maximum Gasteiger partial charge on any atom is 0.129 e. The summed E-state index contributed by atoms with van der Waals surface area (Å²) in [6.45, 7) is 0. The average Bonchev–Trinajstić information content (AvgIpc) is 2.83. The van der Waals surface area contributed by atoms with Gasteiger partial charge in [-0.1, -0.05) is 30.5 Å². The molecular weight excluding hydrogens is 263 g/mol. The zero-order valence-corrected chi connectivity index (χ0v) is 12.6. The second-order valence-electron chi connectivity index (χ2n) is 5.59. The molecule has 106 valence electrons. The standard InChI is InChI=1S/C15H22ClFN2/c1-18-14(12-7-6-11(16)10-13(12)17)15(19(2)3)8-4-5-9-15/h6-7,10,14,18H,4-5,8-9H2,1-3H3. The van der Waals surface area contributed by atoms with Gasteiger partial charge in [0.1, 0.15) is 5.82 Å². The number of nitrogens with zero attached hydrogens (tertiary/aromatic N) is 1. The van der Waals surface area contributed by atoms with Crippen molar-refractivity contribution in [3.05, 3.63) is 34.6 Å². The van der Waals surface area contributed by atoms with Crippen LogP contribution in [0.15, 0.2) is 18.2 Å². The average molecular weight is 285 g/mol. The minimum absolute atomic E-state index is 0.0105. The molecule has 1 aliphatic rings. The zero-order valence-electron chi connectivity index (χ0n) is 11.8. The van der Waals surface area contributed by atoms with E-state index in [1.807, 2.05) is 13.1 Å². The summed E-state index contributed by atoms with van der Waals surface area (Å²) in [7, 11) is 6.08. The molecule has 0 bridgehead atoms. The summed E-state index contributed by atoms with van der Waals surface area (Å²) in [5, 5.41) is 3.76. The fourth-order valence-corrected chi connectivity index (χ4v) is 3.59. The second-order valence-corrected chi connectivity index (χ2v) is 6.03. The third-order valence-electron chi connectivity index (χ3n) is 4.46. The molecular formula is C15H22ClFN2. The summed E-state index contributed by atoms with van der Waals surface area (Å²) in [6, 6.07) is 4.96. The highest BCUT2D eigenvalue weighted by atomic mass is 35.5. The van der Waals surface area contributed by atoms with Gasteiger partial charge in [-0.25, -0.2) is 4.39 Å².